The Morgan fingerprint density at radius 3 is 2.77 bits per heavy atom. The predicted octanol–water partition coefficient (Wildman–Crippen LogP) is 2.67. The van der Waals surface area contributed by atoms with Gasteiger partial charge in [0.25, 0.3) is 0 Å². The smallest absolute Gasteiger partial charge is 0.228 e. The van der Waals surface area contributed by atoms with Gasteiger partial charge in [0.15, 0.2) is 0 Å². The molecule has 2 aromatic heterocycles. The SMILES string of the molecule is CC(C)c1nc(CN(C)C(=O)C2CC(=O)N(Cc3ccncc3)C2)cs1. The van der Waals surface area contributed by atoms with Gasteiger partial charge < -0.3 is 9.80 Å². The maximum atomic E-state index is 12.7. The summed E-state index contributed by atoms with van der Waals surface area (Å²) in [4.78, 5) is 37.0. The Hall–Kier alpha value is -2.28. The number of rotatable bonds is 6. The molecule has 2 amide bonds. The van der Waals surface area contributed by atoms with Crippen molar-refractivity contribution < 1.29 is 9.59 Å². The quantitative estimate of drug-likeness (QED) is 0.782. The number of carbonyl (C=O) groups is 2. The summed E-state index contributed by atoms with van der Waals surface area (Å²) in [5.41, 5.74) is 1.94. The third kappa shape index (κ3) is 4.27. The van der Waals surface area contributed by atoms with E-state index in [0.717, 1.165) is 16.3 Å². The van der Waals surface area contributed by atoms with Gasteiger partial charge in [-0.1, -0.05) is 13.8 Å². The summed E-state index contributed by atoms with van der Waals surface area (Å²) in [6.45, 7) is 5.70. The molecule has 0 aromatic carbocycles. The second-order valence-corrected chi connectivity index (χ2v) is 7.95. The van der Waals surface area contributed by atoms with Crippen molar-refractivity contribution in [3.8, 4) is 0 Å². The van der Waals surface area contributed by atoms with Crippen LogP contribution in [0.2, 0.25) is 0 Å². The van der Waals surface area contributed by atoms with Crippen molar-refractivity contribution in [3.63, 3.8) is 0 Å². The molecule has 2 aromatic rings. The number of likely N-dealkylation sites (tertiary alicyclic amines) is 1. The lowest BCUT2D eigenvalue weighted by atomic mass is 10.1. The van der Waals surface area contributed by atoms with E-state index in [0.29, 0.717) is 25.6 Å². The lowest BCUT2D eigenvalue weighted by molar-refractivity contribution is -0.135. The molecule has 1 fully saturated rings. The number of carbonyl (C=O) groups excluding carboxylic acids is 2. The van der Waals surface area contributed by atoms with E-state index in [1.54, 1.807) is 40.6 Å². The zero-order valence-corrected chi connectivity index (χ0v) is 16.2. The molecule has 0 bridgehead atoms. The topological polar surface area (TPSA) is 66.4 Å². The predicted molar refractivity (Wildman–Crippen MR) is 100 cm³/mol. The van der Waals surface area contributed by atoms with Crippen molar-refractivity contribution >= 4 is 23.2 Å². The third-order valence-electron chi connectivity index (χ3n) is 4.53. The Balaban J connectivity index is 1.58. The first-order valence-electron chi connectivity index (χ1n) is 8.80. The van der Waals surface area contributed by atoms with Crippen LogP contribution in [-0.2, 0) is 22.7 Å². The molecule has 0 aliphatic carbocycles. The largest absolute Gasteiger partial charge is 0.340 e. The van der Waals surface area contributed by atoms with Gasteiger partial charge in [0.2, 0.25) is 11.8 Å². The van der Waals surface area contributed by atoms with Crippen LogP contribution in [0, 0.1) is 5.92 Å². The summed E-state index contributed by atoms with van der Waals surface area (Å²) < 4.78 is 0. The van der Waals surface area contributed by atoms with Crippen LogP contribution in [0.15, 0.2) is 29.9 Å². The fourth-order valence-electron chi connectivity index (χ4n) is 3.09. The molecule has 7 heteroatoms. The van der Waals surface area contributed by atoms with E-state index in [9.17, 15) is 9.59 Å². The minimum Gasteiger partial charge on any atom is -0.340 e. The van der Waals surface area contributed by atoms with Crippen molar-refractivity contribution in [1.29, 1.82) is 0 Å². The zero-order chi connectivity index (χ0) is 18.7. The molecule has 1 atom stereocenters. The number of nitrogens with zero attached hydrogens (tertiary/aromatic N) is 4. The van der Waals surface area contributed by atoms with E-state index in [4.69, 9.17) is 0 Å². The van der Waals surface area contributed by atoms with Crippen LogP contribution >= 0.6 is 11.3 Å². The van der Waals surface area contributed by atoms with E-state index >= 15 is 0 Å². The molecule has 1 aliphatic heterocycles. The number of pyridine rings is 1. The summed E-state index contributed by atoms with van der Waals surface area (Å²) in [6, 6.07) is 3.78. The maximum absolute atomic E-state index is 12.7. The lowest BCUT2D eigenvalue weighted by Crippen LogP contribution is -2.34. The molecule has 1 unspecified atom stereocenters. The second-order valence-electron chi connectivity index (χ2n) is 7.06. The first kappa shape index (κ1) is 18.5. The van der Waals surface area contributed by atoms with E-state index < -0.39 is 0 Å². The van der Waals surface area contributed by atoms with Gasteiger partial charge in [-0.3, -0.25) is 14.6 Å². The standard InChI is InChI=1S/C19H24N4O2S/c1-13(2)18-21-16(12-26-18)11-22(3)19(25)15-8-17(24)23(10-15)9-14-4-6-20-7-5-14/h4-7,12-13,15H,8-11H2,1-3H3. The van der Waals surface area contributed by atoms with E-state index in [1.807, 2.05) is 17.5 Å². The van der Waals surface area contributed by atoms with Gasteiger partial charge in [0, 0.05) is 50.2 Å². The van der Waals surface area contributed by atoms with Gasteiger partial charge in [0.05, 0.1) is 23.2 Å². The molecule has 0 N–H and O–H groups in total. The molecule has 0 spiro atoms. The summed E-state index contributed by atoms with van der Waals surface area (Å²) in [7, 11) is 1.78. The van der Waals surface area contributed by atoms with Crippen LogP contribution < -0.4 is 0 Å². The van der Waals surface area contributed by atoms with Gasteiger partial charge in [-0.05, 0) is 17.7 Å². The molecule has 138 valence electrons. The first-order chi connectivity index (χ1) is 12.4. The molecule has 0 saturated carbocycles. The second kappa shape index (κ2) is 7.95. The normalized spacial score (nSPS) is 17.2. The molecule has 6 nitrogen and oxygen atoms in total. The Kier molecular flexibility index (Phi) is 5.66. The molecule has 3 heterocycles. The number of hydrogen-bond acceptors (Lipinski definition) is 5. The highest BCUT2D eigenvalue weighted by Crippen LogP contribution is 2.24. The van der Waals surface area contributed by atoms with Crippen LogP contribution in [0.4, 0.5) is 0 Å². The van der Waals surface area contributed by atoms with Crippen molar-refractivity contribution in [2.45, 2.75) is 39.3 Å². The fraction of sp³-hybridized carbons (Fsp3) is 0.474. The molecule has 3 rings (SSSR count). The third-order valence-corrected chi connectivity index (χ3v) is 5.72. The van der Waals surface area contributed by atoms with Gasteiger partial charge >= 0.3 is 0 Å². The van der Waals surface area contributed by atoms with Gasteiger partial charge in [-0.2, -0.15) is 0 Å². The Morgan fingerprint density at radius 1 is 1.38 bits per heavy atom. The number of aromatic nitrogens is 2. The highest BCUT2D eigenvalue weighted by atomic mass is 32.1. The average molecular weight is 372 g/mol. The van der Waals surface area contributed by atoms with Crippen LogP contribution in [0.1, 0.15) is 42.5 Å². The monoisotopic (exact) mass is 372 g/mol. The number of thiazole rings is 1. The summed E-state index contributed by atoms with van der Waals surface area (Å²) >= 11 is 1.63. The summed E-state index contributed by atoms with van der Waals surface area (Å²) in [5, 5.41) is 3.09. The van der Waals surface area contributed by atoms with Crippen molar-refractivity contribution in [2.24, 2.45) is 5.92 Å². The van der Waals surface area contributed by atoms with E-state index in [-0.39, 0.29) is 24.2 Å². The summed E-state index contributed by atoms with van der Waals surface area (Å²) in [6.07, 6.45) is 3.71. The number of hydrogen-bond donors (Lipinski definition) is 0. The van der Waals surface area contributed by atoms with Crippen LogP contribution in [-0.4, -0.2) is 45.2 Å². The highest BCUT2D eigenvalue weighted by molar-refractivity contribution is 7.09. The van der Waals surface area contributed by atoms with Gasteiger partial charge in [-0.15, -0.1) is 11.3 Å². The Bertz CT molecular complexity index is 775. The van der Waals surface area contributed by atoms with Crippen LogP contribution in [0.25, 0.3) is 0 Å². The molecule has 0 radical (unpaired) electrons. The minimum absolute atomic E-state index is 0.00896. The van der Waals surface area contributed by atoms with E-state index in [1.165, 1.54) is 0 Å². The highest BCUT2D eigenvalue weighted by Gasteiger charge is 2.35. The molecular weight excluding hydrogens is 348 g/mol. The lowest BCUT2D eigenvalue weighted by Gasteiger charge is -2.21. The minimum atomic E-state index is -0.280. The van der Waals surface area contributed by atoms with Gasteiger partial charge in [-0.25, -0.2) is 4.98 Å². The first-order valence-corrected chi connectivity index (χ1v) is 9.68. The number of amides is 2. The van der Waals surface area contributed by atoms with E-state index in [2.05, 4.69) is 23.8 Å². The van der Waals surface area contributed by atoms with Gasteiger partial charge in [0.1, 0.15) is 0 Å². The summed E-state index contributed by atoms with van der Waals surface area (Å²) in [5.74, 6) is 0.153. The Morgan fingerprint density at radius 2 is 2.12 bits per heavy atom. The molecule has 1 saturated heterocycles. The van der Waals surface area contributed by atoms with Crippen LogP contribution in [0.3, 0.4) is 0 Å². The molecule has 26 heavy (non-hydrogen) atoms. The molecule has 1 aliphatic rings. The fourth-order valence-corrected chi connectivity index (χ4v) is 3.92. The molecular formula is C19H24N4O2S. The Labute approximate surface area is 157 Å². The van der Waals surface area contributed by atoms with Crippen molar-refractivity contribution in [1.82, 2.24) is 19.8 Å². The van der Waals surface area contributed by atoms with Crippen molar-refractivity contribution in [2.75, 3.05) is 13.6 Å². The average Bonchev–Trinajstić information content (AvgIpc) is 3.22. The van der Waals surface area contributed by atoms with Crippen LogP contribution in [0.5, 0.6) is 0 Å². The zero-order valence-electron chi connectivity index (χ0n) is 15.4. The van der Waals surface area contributed by atoms with Crippen molar-refractivity contribution in [3.05, 3.63) is 46.2 Å². The maximum Gasteiger partial charge on any atom is 0.228 e.